The first-order valence-electron chi connectivity index (χ1n) is 15.7. The lowest BCUT2D eigenvalue weighted by molar-refractivity contribution is 0.351. The number of benzene rings is 7. The van der Waals surface area contributed by atoms with Crippen LogP contribution in [-0.2, 0) is 0 Å². The minimum absolute atomic E-state index is 0.0121. The molecule has 0 aliphatic heterocycles. The lowest BCUT2D eigenvalue weighted by atomic mass is 9.73. The lowest BCUT2D eigenvalue weighted by Gasteiger charge is -2.25. The molecule has 8 nitrogen and oxygen atoms in total. The van der Waals surface area contributed by atoms with Crippen LogP contribution in [0.25, 0.3) is 71.6 Å². The number of aromatic hydroxyl groups is 6. The number of aromatic nitrogens is 2. The number of fused-ring (bicyclic) bond motifs is 3. The van der Waals surface area contributed by atoms with Gasteiger partial charge in [0.15, 0.2) is 11.5 Å². The highest BCUT2D eigenvalue weighted by Gasteiger charge is 2.32. The van der Waals surface area contributed by atoms with Gasteiger partial charge >= 0.3 is 0 Å². The van der Waals surface area contributed by atoms with E-state index < -0.39 is 34.5 Å². The first kappa shape index (κ1) is 30.8. The lowest BCUT2D eigenvalue weighted by Crippen LogP contribution is -2.26. The molecule has 0 saturated carbocycles. The highest BCUT2D eigenvalue weighted by atomic mass is 16.3. The van der Waals surface area contributed by atoms with Gasteiger partial charge in [0, 0.05) is 38.2 Å². The van der Waals surface area contributed by atoms with Crippen LogP contribution < -0.4 is 10.9 Å². The molecule has 0 bridgehead atoms. The predicted molar refractivity (Wildman–Crippen MR) is 198 cm³/mol. The van der Waals surface area contributed by atoms with Crippen LogP contribution in [0.2, 0.25) is 0 Å². The maximum Gasteiger partial charge on any atom is 0.204 e. The molecule has 0 unspecified atom stereocenters. The third kappa shape index (κ3) is 4.24. The Labute approximate surface area is 288 Å². The van der Waals surface area contributed by atoms with E-state index in [1.165, 1.54) is 0 Å². The summed E-state index contributed by atoms with van der Waals surface area (Å²) in [6.07, 6.45) is 0. The highest BCUT2D eigenvalue weighted by Crippen LogP contribution is 2.59. The maximum absolute atomic E-state index is 12.0. The Balaban J connectivity index is 1.67. The van der Waals surface area contributed by atoms with Gasteiger partial charge < -0.3 is 30.6 Å². The fraction of sp³-hybridized carbons (Fsp3) is 0.0250. The fourth-order valence-corrected chi connectivity index (χ4v) is 7.12. The molecule has 6 N–H and O–H groups in total. The van der Waals surface area contributed by atoms with Gasteiger partial charge in [-0.05, 0) is 41.8 Å². The van der Waals surface area contributed by atoms with E-state index in [0.29, 0.717) is 28.2 Å². The molecule has 8 aromatic rings. The minimum Gasteiger partial charge on any atom is -0.508 e. The summed E-state index contributed by atoms with van der Waals surface area (Å²) in [5.74, 6) is -3.87. The van der Waals surface area contributed by atoms with Crippen LogP contribution in [-0.4, -0.2) is 55.9 Å². The number of hydrogen-bond acceptors (Lipinski definition) is 7. The van der Waals surface area contributed by atoms with Crippen molar-refractivity contribution in [1.82, 2.24) is 9.55 Å². The quantitative estimate of drug-likeness (QED) is 0.0555. The molecular weight excluding hydrogens is 626 g/mol. The van der Waals surface area contributed by atoms with Crippen LogP contribution >= 0.6 is 0 Å². The van der Waals surface area contributed by atoms with E-state index in [1.54, 1.807) is 24.3 Å². The molecule has 0 atom stereocenters. The van der Waals surface area contributed by atoms with Gasteiger partial charge in [-0.3, -0.25) is 4.57 Å². The van der Waals surface area contributed by atoms with Gasteiger partial charge in [-0.25, -0.2) is 4.98 Å². The highest BCUT2D eigenvalue weighted by molar-refractivity contribution is 6.53. The molecule has 0 amide bonds. The van der Waals surface area contributed by atoms with Crippen molar-refractivity contribution in [2.45, 2.75) is 6.92 Å². The SMILES string of the molecule is [B]c1c([B])c(O)c2c(-c3ccccc3-n3c(C)nc4ccccc43)c3c(O)c(O)c(O)c(O)c3c(-c3ccccc3-c3ccccc3)c2c1O. The van der Waals surface area contributed by atoms with Gasteiger partial charge in [0.2, 0.25) is 11.5 Å². The van der Waals surface area contributed by atoms with Crippen molar-refractivity contribution in [3.8, 4) is 73.6 Å². The van der Waals surface area contributed by atoms with E-state index in [9.17, 15) is 30.6 Å². The summed E-state index contributed by atoms with van der Waals surface area (Å²) >= 11 is 0. The Kier molecular flexibility index (Phi) is 6.94. The van der Waals surface area contributed by atoms with Crippen LogP contribution in [0.1, 0.15) is 5.82 Å². The zero-order valence-electron chi connectivity index (χ0n) is 26.5. The van der Waals surface area contributed by atoms with Gasteiger partial charge in [0.25, 0.3) is 0 Å². The smallest absolute Gasteiger partial charge is 0.204 e. The van der Waals surface area contributed by atoms with Crippen molar-refractivity contribution in [1.29, 1.82) is 0 Å². The predicted octanol–water partition coefficient (Wildman–Crippen LogP) is 6.46. The Morgan fingerprint density at radius 2 is 0.940 bits per heavy atom. The Morgan fingerprint density at radius 1 is 0.480 bits per heavy atom. The van der Waals surface area contributed by atoms with E-state index in [0.717, 1.165) is 16.6 Å². The first-order chi connectivity index (χ1) is 24.1. The molecule has 0 saturated heterocycles. The molecule has 0 aliphatic rings. The zero-order valence-corrected chi connectivity index (χ0v) is 26.5. The first-order valence-corrected chi connectivity index (χ1v) is 15.7. The van der Waals surface area contributed by atoms with Gasteiger partial charge in [0.1, 0.15) is 33.0 Å². The van der Waals surface area contributed by atoms with Crippen molar-refractivity contribution in [3.05, 3.63) is 109 Å². The van der Waals surface area contributed by atoms with E-state index in [2.05, 4.69) is 0 Å². The molecule has 1 aromatic heterocycles. The van der Waals surface area contributed by atoms with Crippen LogP contribution in [0, 0.1) is 6.92 Å². The molecule has 4 radical (unpaired) electrons. The topological polar surface area (TPSA) is 139 Å². The van der Waals surface area contributed by atoms with Crippen LogP contribution in [0.15, 0.2) is 103 Å². The number of para-hydroxylation sites is 3. The number of phenolic OH excluding ortho intramolecular Hbond substituents is 6. The Hall–Kier alpha value is -6.54. The summed E-state index contributed by atoms with van der Waals surface area (Å²) in [5.41, 5.74) is 3.91. The Morgan fingerprint density at radius 3 is 1.56 bits per heavy atom. The number of imidazole rings is 1. The number of aryl methyl sites for hydroxylation is 1. The Bertz CT molecular complexity index is 2630. The van der Waals surface area contributed by atoms with Crippen molar-refractivity contribution in [2.75, 3.05) is 0 Å². The van der Waals surface area contributed by atoms with Gasteiger partial charge in [-0.15, -0.1) is 0 Å². The molecule has 0 fully saturated rings. The third-order valence-corrected chi connectivity index (χ3v) is 9.34. The second kappa shape index (κ2) is 11.3. The van der Waals surface area contributed by atoms with E-state index >= 15 is 0 Å². The fourth-order valence-electron chi connectivity index (χ4n) is 7.12. The monoisotopic (exact) mass is 652 g/mol. The molecule has 0 aliphatic carbocycles. The summed E-state index contributed by atoms with van der Waals surface area (Å²) in [6.45, 7) is 1.84. The van der Waals surface area contributed by atoms with E-state index in [-0.39, 0.29) is 43.6 Å². The average molecular weight is 652 g/mol. The summed E-state index contributed by atoms with van der Waals surface area (Å²) in [4.78, 5) is 4.73. The molecule has 10 heteroatoms. The summed E-state index contributed by atoms with van der Waals surface area (Å²) < 4.78 is 1.90. The van der Waals surface area contributed by atoms with Gasteiger partial charge in [-0.2, -0.15) is 0 Å². The second-order valence-corrected chi connectivity index (χ2v) is 12.1. The number of rotatable bonds is 4. The zero-order chi connectivity index (χ0) is 35.0. The minimum atomic E-state index is -0.980. The largest absolute Gasteiger partial charge is 0.508 e. The van der Waals surface area contributed by atoms with Crippen molar-refractivity contribution in [2.24, 2.45) is 0 Å². The summed E-state index contributed by atoms with van der Waals surface area (Å²) in [5, 5.41) is 69.3. The molecule has 0 spiro atoms. The molecule has 8 rings (SSSR count). The van der Waals surface area contributed by atoms with Crippen molar-refractivity contribution in [3.63, 3.8) is 0 Å². The van der Waals surface area contributed by atoms with Crippen LogP contribution in [0.5, 0.6) is 34.5 Å². The average Bonchev–Trinajstić information content (AvgIpc) is 3.49. The third-order valence-electron chi connectivity index (χ3n) is 9.34. The number of hydrogen-bond donors (Lipinski definition) is 6. The molecule has 50 heavy (non-hydrogen) atoms. The molecule has 7 aromatic carbocycles. The molecule has 1 heterocycles. The van der Waals surface area contributed by atoms with E-state index in [1.807, 2.05) is 90.4 Å². The van der Waals surface area contributed by atoms with E-state index in [4.69, 9.17) is 20.7 Å². The van der Waals surface area contributed by atoms with Gasteiger partial charge in [0.05, 0.1) is 16.7 Å². The van der Waals surface area contributed by atoms with Crippen molar-refractivity contribution < 1.29 is 30.6 Å². The standard InChI is InChI=1S/C40H26B2N2O6/c1-19-43-24-16-8-10-18-26(24)44(19)25-17-9-7-15-23(25)28-30-29(35(45)33(41)34(42)36(30)46)27(31-32(28)38(48)40(50)39(49)37(31)47)22-14-6-5-13-21(22)20-11-3-2-4-12-20/h2-18,45-50H,1H3. The van der Waals surface area contributed by atoms with Crippen LogP contribution in [0.4, 0.5) is 0 Å². The summed E-state index contributed by atoms with van der Waals surface area (Å²) in [7, 11) is 12.7. The van der Waals surface area contributed by atoms with Gasteiger partial charge in [-0.1, -0.05) is 95.9 Å². The van der Waals surface area contributed by atoms with Crippen LogP contribution in [0.3, 0.4) is 0 Å². The number of phenols is 6. The molecule has 238 valence electrons. The van der Waals surface area contributed by atoms with Crippen molar-refractivity contribution >= 4 is 59.2 Å². The second-order valence-electron chi connectivity index (χ2n) is 12.1. The maximum atomic E-state index is 12.0. The summed E-state index contributed by atoms with van der Waals surface area (Å²) in [6, 6.07) is 31.2. The molecular formula is C40H26B2N2O6. The number of nitrogens with zero attached hydrogens (tertiary/aromatic N) is 2. The normalized spacial score (nSPS) is 11.5.